The lowest BCUT2D eigenvalue weighted by molar-refractivity contribution is 0.535. The second-order valence-corrected chi connectivity index (χ2v) is 5.08. The van der Waals surface area contributed by atoms with Gasteiger partial charge in [-0.15, -0.1) is 0 Å². The highest BCUT2D eigenvalue weighted by molar-refractivity contribution is 5.05. The van der Waals surface area contributed by atoms with Gasteiger partial charge in [-0.05, 0) is 18.3 Å². The van der Waals surface area contributed by atoms with Gasteiger partial charge in [-0.25, -0.2) is 4.98 Å². The van der Waals surface area contributed by atoms with Crippen molar-refractivity contribution in [3.63, 3.8) is 0 Å². The van der Waals surface area contributed by atoms with Crippen LogP contribution >= 0.6 is 0 Å². The summed E-state index contributed by atoms with van der Waals surface area (Å²) in [7, 11) is 0. The molecule has 86 valence electrons. The first-order valence-corrected chi connectivity index (χ1v) is 6.13. The van der Waals surface area contributed by atoms with Crippen molar-refractivity contribution in [2.24, 2.45) is 5.92 Å². The molecular formula is C13H24N2. The number of aromatic amines is 1. The normalized spacial score (nSPS) is 11.6. The van der Waals surface area contributed by atoms with Crippen molar-refractivity contribution in [2.75, 3.05) is 0 Å². The third kappa shape index (κ3) is 4.50. The van der Waals surface area contributed by atoms with Gasteiger partial charge in [0.1, 0.15) is 5.82 Å². The molecule has 0 saturated heterocycles. The maximum absolute atomic E-state index is 4.40. The molecule has 1 heterocycles. The molecule has 0 aromatic carbocycles. The highest BCUT2D eigenvalue weighted by atomic mass is 14.9. The third-order valence-corrected chi connectivity index (χ3v) is 2.72. The van der Waals surface area contributed by atoms with Crippen molar-refractivity contribution < 1.29 is 0 Å². The molecule has 0 aliphatic carbocycles. The molecule has 0 spiro atoms. The summed E-state index contributed by atoms with van der Waals surface area (Å²) in [6.45, 7) is 8.94. The molecule has 1 aromatic rings. The number of nitrogens with one attached hydrogen (secondary N) is 1. The second kappa shape index (κ2) is 5.94. The van der Waals surface area contributed by atoms with Crippen molar-refractivity contribution in [3.05, 3.63) is 17.7 Å². The van der Waals surface area contributed by atoms with Crippen LogP contribution in [0.5, 0.6) is 0 Å². The second-order valence-electron chi connectivity index (χ2n) is 5.08. The number of aromatic nitrogens is 2. The fourth-order valence-electron chi connectivity index (χ4n) is 1.64. The summed E-state index contributed by atoms with van der Waals surface area (Å²) in [4.78, 5) is 7.79. The average Bonchev–Trinajstić information content (AvgIpc) is 2.60. The van der Waals surface area contributed by atoms with Crippen LogP contribution in [0.1, 0.15) is 64.4 Å². The Labute approximate surface area is 93.5 Å². The van der Waals surface area contributed by atoms with Crippen LogP contribution in [0.25, 0.3) is 0 Å². The van der Waals surface area contributed by atoms with Crippen molar-refractivity contribution >= 4 is 0 Å². The van der Waals surface area contributed by atoms with Crippen molar-refractivity contribution in [3.8, 4) is 0 Å². The van der Waals surface area contributed by atoms with Crippen LogP contribution in [0.4, 0.5) is 0 Å². The van der Waals surface area contributed by atoms with E-state index in [1.54, 1.807) is 0 Å². The van der Waals surface area contributed by atoms with Gasteiger partial charge < -0.3 is 4.98 Å². The number of unbranched alkanes of at least 4 members (excludes halogenated alkanes) is 1. The summed E-state index contributed by atoms with van der Waals surface area (Å²) in [5, 5.41) is 0. The number of rotatable bonds is 6. The van der Waals surface area contributed by atoms with Gasteiger partial charge in [-0.2, -0.15) is 0 Å². The number of aryl methyl sites for hydroxylation is 1. The highest BCUT2D eigenvalue weighted by Crippen LogP contribution is 2.13. The molecule has 0 saturated carbocycles. The van der Waals surface area contributed by atoms with Crippen molar-refractivity contribution in [1.29, 1.82) is 0 Å². The Morgan fingerprint density at radius 3 is 2.47 bits per heavy atom. The predicted octanol–water partition coefficient (Wildman–Crippen LogP) is 3.90. The summed E-state index contributed by atoms with van der Waals surface area (Å²) < 4.78 is 0. The molecule has 15 heavy (non-hydrogen) atoms. The Balaban J connectivity index is 2.26. The zero-order valence-electron chi connectivity index (χ0n) is 10.5. The standard InChI is InChI=1S/C13H24N2/c1-10(2)7-5-6-8-13-14-9-12(15-13)11(3)4/h9-11H,5-8H2,1-4H3,(H,14,15). The Hall–Kier alpha value is -0.790. The minimum atomic E-state index is 0.557. The molecule has 2 nitrogen and oxygen atoms in total. The number of hydrogen-bond donors (Lipinski definition) is 1. The summed E-state index contributed by atoms with van der Waals surface area (Å²) >= 11 is 0. The van der Waals surface area contributed by atoms with Gasteiger partial charge in [-0.3, -0.25) is 0 Å². The molecular weight excluding hydrogens is 184 g/mol. The van der Waals surface area contributed by atoms with E-state index in [9.17, 15) is 0 Å². The van der Waals surface area contributed by atoms with Crippen molar-refractivity contribution in [2.45, 2.75) is 59.3 Å². The van der Waals surface area contributed by atoms with Gasteiger partial charge in [0.25, 0.3) is 0 Å². The quantitative estimate of drug-likeness (QED) is 0.706. The number of nitrogens with zero attached hydrogens (tertiary/aromatic N) is 1. The monoisotopic (exact) mass is 208 g/mol. The van der Waals surface area contributed by atoms with Gasteiger partial charge in [-0.1, -0.05) is 40.5 Å². The Kier molecular flexibility index (Phi) is 4.86. The first kappa shape index (κ1) is 12.3. The first-order chi connectivity index (χ1) is 7.09. The molecule has 0 bridgehead atoms. The summed E-state index contributed by atoms with van der Waals surface area (Å²) in [6, 6.07) is 0. The van der Waals surface area contributed by atoms with E-state index >= 15 is 0 Å². The SMILES string of the molecule is CC(C)CCCCc1ncc(C(C)C)[nH]1. The predicted molar refractivity (Wildman–Crippen MR) is 65.1 cm³/mol. The van der Waals surface area contributed by atoms with Crippen LogP contribution in [0.3, 0.4) is 0 Å². The molecule has 2 heteroatoms. The number of hydrogen-bond acceptors (Lipinski definition) is 1. The number of imidazole rings is 1. The smallest absolute Gasteiger partial charge is 0.106 e. The van der Waals surface area contributed by atoms with E-state index < -0.39 is 0 Å². The van der Waals surface area contributed by atoms with Gasteiger partial charge >= 0.3 is 0 Å². The fourth-order valence-corrected chi connectivity index (χ4v) is 1.64. The van der Waals surface area contributed by atoms with E-state index in [1.165, 1.54) is 25.0 Å². The van der Waals surface area contributed by atoms with Crippen LogP contribution in [-0.4, -0.2) is 9.97 Å². The number of H-pyrrole nitrogens is 1. The molecule has 0 unspecified atom stereocenters. The zero-order valence-corrected chi connectivity index (χ0v) is 10.5. The van der Waals surface area contributed by atoms with Gasteiger partial charge in [0.2, 0.25) is 0 Å². The molecule has 1 N–H and O–H groups in total. The highest BCUT2D eigenvalue weighted by Gasteiger charge is 2.03. The third-order valence-electron chi connectivity index (χ3n) is 2.72. The lowest BCUT2D eigenvalue weighted by Crippen LogP contribution is -1.93. The van der Waals surface area contributed by atoms with Crippen LogP contribution in [0.15, 0.2) is 6.20 Å². The minimum absolute atomic E-state index is 0.557. The Morgan fingerprint density at radius 2 is 1.93 bits per heavy atom. The van der Waals surface area contributed by atoms with E-state index in [0.29, 0.717) is 5.92 Å². The van der Waals surface area contributed by atoms with Gasteiger partial charge in [0, 0.05) is 18.3 Å². The molecule has 0 aliphatic rings. The molecule has 1 aromatic heterocycles. The maximum Gasteiger partial charge on any atom is 0.106 e. The average molecular weight is 208 g/mol. The fraction of sp³-hybridized carbons (Fsp3) is 0.769. The lowest BCUT2D eigenvalue weighted by atomic mass is 10.1. The van der Waals surface area contributed by atoms with Crippen LogP contribution < -0.4 is 0 Å². The topological polar surface area (TPSA) is 28.7 Å². The van der Waals surface area contributed by atoms with E-state index in [4.69, 9.17) is 0 Å². The summed E-state index contributed by atoms with van der Waals surface area (Å²) in [6.07, 6.45) is 6.97. The Bertz CT molecular complexity index is 274. The van der Waals surface area contributed by atoms with Crippen LogP contribution in [0.2, 0.25) is 0 Å². The molecule has 0 fully saturated rings. The molecule has 0 aliphatic heterocycles. The Morgan fingerprint density at radius 1 is 1.20 bits per heavy atom. The molecule has 0 amide bonds. The minimum Gasteiger partial charge on any atom is -0.346 e. The maximum atomic E-state index is 4.40. The van der Waals surface area contributed by atoms with E-state index in [1.807, 2.05) is 6.20 Å². The van der Waals surface area contributed by atoms with E-state index in [-0.39, 0.29) is 0 Å². The van der Waals surface area contributed by atoms with Crippen LogP contribution in [-0.2, 0) is 6.42 Å². The van der Waals surface area contributed by atoms with Gasteiger partial charge in [0.05, 0.1) is 0 Å². The van der Waals surface area contributed by atoms with Gasteiger partial charge in [0.15, 0.2) is 0 Å². The molecule has 0 radical (unpaired) electrons. The van der Waals surface area contributed by atoms with Crippen molar-refractivity contribution in [1.82, 2.24) is 9.97 Å². The summed E-state index contributed by atoms with van der Waals surface area (Å²) in [5.74, 6) is 2.54. The van der Waals surface area contributed by atoms with E-state index in [2.05, 4.69) is 37.7 Å². The van der Waals surface area contributed by atoms with E-state index in [0.717, 1.165) is 18.2 Å². The lowest BCUT2D eigenvalue weighted by Gasteiger charge is -2.03. The molecule has 0 atom stereocenters. The summed E-state index contributed by atoms with van der Waals surface area (Å²) in [5.41, 5.74) is 1.26. The zero-order chi connectivity index (χ0) is 11.3. The first-order valence-electron chi connectivity index (χ1n) is 6.13. The molecule has 1 rings (SSSR count). The van der Waals surface area contributed by atoms with Crippen LogP contribution in [0, 0.1) is 5.92 Å². The largest absolute Gasteiger partial charge is 0.346 e.